The van der Waals surface area contributed by atoms with Gasteiger partial charge in [0, 0.05) is 23.0 Å². The Balaban J connectivity index is 2.53. The molecule has 0 fully saturated rings. The molecular weight excluding hydrogens is 316 g/mol. The van der Waals surface area contributed by atoms with Crippen molar-refractivity contribution in [2.45, 2.75) is 45.6 Å². The molecule has 1 aromatic carbocycles. The summed E-state index contributed by atoms with van der Waals surface area (Å²) in [5.41, 5.74) is 6.66. The first kappa shape index (κ1) is 17.2. The van der Waals surface area contributed by atoms with Crippen LogP contribution < -0.4 is 11.1 Å². The Hall–Kier alpha value is -0.870. The molecule has 112 valence electrons. The zero-order chi connectivity index (χ0) is 15.2. The number of amides is 1. The van der Waals surface area contributed by atoms with Gasteiger partial charge in [0.1, 0.15) is 0 Å². The van der Waals surface area contributed by atoms with Gasteiger partial charge in [0.15, 0.2) is 0 Å². The van der Waals surface area contributed by atoms with Crippen LogP contribution in [0.15, 0.2) is 28.7 Å². The zero-order valence-corrected chi connectivity index (χ0v) is 14.2. The van der Waals surface area contributed by atoms with Gasteiger partial charge >= 0.3 is 0 Å². The van der Waals surface area contributed by atoms with E-state index in [-0.39, 0.29) is 11.4 Å². The topological polar surface area (TPSA) is 55.1 Å². The highest BCUT2D eigenvalue weighted by atomic mass is 79.9. The van der Waals surface area contributed by atoms with Crippen LogP contribution in [0.4, 0.5) is 0 Å². The predicted molar refractivity (Wildman–Crippen MR) is 87.5 cm³/mol. The third-order valence-electron chi connectivity index (χ3n) is 3.33. The van der Waals surface area contributed by atoms with Crippen LogP contribution in [-0.4, -0.2) is 18.0 Å². The number of carbonyl (C=O) groups excluding carboxylic acids is 1. The summed E-state index contributed by atoms with van der Waals surface area (Å²) < 4.78 is 1.05. The normalized spacial score (nSPS) is 14.1. The SMILES string of the molecule is CC(C)CC(C)(CN)NC(=O)CCc1ccccc1Br. The molecule has 0 aliphatic rings. The second-order valence-electron chi connectivity index (χ2n) is 6.00. The molecular formula is C16H25BrN2O. The van der Waals surface area contributed by atoms with Crippen LogP contribution in [0.25, 0.3) is 0 Å². The number of hydrogen-bond donors (Lipinski definition) is 2. The maximum absolute atomic E-state index is 12.1. The number of rotatable bonds is 7. The number of carbonyl (C=O) groups is 1. The van der Waals surface area contributed by atoms with Crippen molar-refractivity contribution in [2.75, 3.05) is 6.54 Å². The fourth-order valence-electron chi connectivity index (χ4n) is 2.43. The van der Waals surface area contributed by atoms with E-state index in [1.807, 2.05) is 31.2 Å². The molecule has 20 heavy (non-hydrogen) atoms. The van der Waals surface area contributed by atoms with Gasteiger partial charge in [-0.15, -0.1) is 0 Å². The van der Waals surface area contributed by atoms with Crippen molar-refractivity contribution in [1.82, 2.24) is 5.32 Å². The number of halogens is 1. The highest BCUT2D eigenvalue weighted by Crippen LogP contribution is 2.18. The molecule has 1 aromatic rings. The van der Waals surface area contributed by atoms with Crippen LogP contribution in [0, 0.1) is 5.92 Å². The molecule has 3 nitrogen and oxygen atoms in total. The number of benzene rings is 1. The third-order valence-corrected chi connectivity index (χ3v) is 4.10. The standard InChI is InChI=1S/C16H25BrN2O/c1-12(2)10-16(3,11-18)19-15(20)9-8-13-6-4-5-7-14(13)17/h4-7,12H,8-11,18H2,1-3H3,(H,19,20). The first-order valence-electron chi connectivity index (χ1n) is 7.11. The minimum atomic E-state index is -0.306. The predicted octanol–water partition coefficient (Wildman–Crippen LogP) is 3.26. The summed E-state index contributed by atoms with van der Waals surface area (Å²) in [4.78, 5) is 12.1. The average molecular weight is 341 g/mol. The Morgan fingerprint density at radius 1 is 1.40 bits per heavy atom. The van der Waals surface area contributed by atoms with Gasteiger partial charge in [-0.05, 0) is 37.3 Å². The zero-order valence-electron chi connectivity index (χ0n) is 12.6. The van der Waals surface area contributed by atoms with E-state index in [0.29, 0.717) is 18.9 Å². The van der Waals surface area contributed by atoms with Crippen molar-refractivity contribution in [3.8, 4) is 0 Å². The first-order valence-corrected chi connectivity index (χ1v) is 7.90. The van der Waals surface area contributed by atoms with Gasteiger partial charge < -0.3 is 11.1 Å². The molecule has 4 heteroatoms. The third kappa shape index (κ3) is 5.63. The largest absolute Gasteiger partial charge is 0.350 e. The summed E-state index contributed by atoms with van der Waals surface area (Å²) in [6.45, 7) is 6.76. The molecule has 0 spiro atoms. The van der Waals surface area contributed by atoms with Gasteiger partial charge in [-0.1, -0.05) is 48.0 Å². The Labute approximate surface area is 130 Å². The lowest BCUT2D eigenvalue weighted by Gasteiger charge is -2.31. The van der Waals surface area contributed by atoms with E-state index in [0.717, 1.165) is 22.9 Å². The van der Waals surface area contributed by atoms with Crippen LogP contribution in [0.5, 0.6) is 0 Å². The highest BCUT2D eigenvalue weighted by molar-refractivity contribution is 9.10. The summed E-state index contributed by atoms with van der Waals surface area (Å²) >= 11 is 3.50. The summed E-state index contributed by atoms with van der Waals surface area (Å²) in [6, 6.07) is 7.99. The maximum Gasteiger partial charge on any atom is 0.220 e. The van der Waals surface area contributed by atoms with Crippen LogP contribution in [0.3, 0.4) is 0 Å². The van der Waals surface area contributed by atoms with E-state index < -0.39 is 0 Å². The monoisotopic (exact) mass is 340 g/mol. The Morgan fingerprint density at radius 3 is 2.60 bits per heavy atom. The molecule has 1 amide bonds. The minimum Gasteiger partial charge on any atom is -0.350 e. The van der Waals surface area contributed by atoms with Crippen molar-refractivity contribution < 1.29 is 4.79 Å². The van der Waals surface area contributed by atoms with Gasteiger partial charge in [0.25, 0.3) is 0 Å². The van der Waals surface area contributed by atoms with Crippen LogP contribution in [0.2, 0.25) is 0 Å². The molecule has 0 aromatic heterocycles. The summed E-state index contributed by atoms with van der Waals surface area (Å²) in [6.07, 6.45) is 2.11. The Kier molecular flexibility index (Phi) is 6.69. The number of nitrogens with two attached hydrogens (primary N) is 1. The Morgan fingerprint density at radius 2 is 2.05 bits per heavy atom. The minimum absolute atomic E-state index is 0.0642. The number of nitrogens with one attached hydrogen (secondary N) is 1. The molecule has 0 bridgehead atoms. The molecule has 0 saturated heterocycles. The molecule has 0 aliphatic carbocycles. The van der Waals surface area contributed by atoms with E-state index >= 15 is 0 Å². The lowest BCUT2D eigenvalue weighted by molar-refractivity contribution is -0.122. The van der Waals surface area contributed by atoms with Gasteiger partial charge in [0.05, 0.1) is 0 Å². The van der Waals surface area contributed by atoms with Crippen LogP contribution in [0.1, 0.15) is 39.2 Å². The Bertz CT molecular complexity index is 448. The molecule has 0 aliphatic heterocycles. The van der Waals surface area contributed by atoms with E-state index in [2.05, 4.69) is 35.1 Å². The molecule has 3 N–H and O–H groups in total. The van der Waals surface area contributed by atoms with Crippen LogP contribution in [-0.2, 0) is 11.2 Å². The lowest BCUT2D eigenvalue weighted by atomic mass is 9.90. The van der Waals surface area contributed by atoms with Crippen molar-refractivity contribution in [3.63, 3.8) is 0 Å². The number of aryl methyl sites for hydroxylation is 1. The fraction of sp³-hybridized carbons (Fsp3) is 0.562. The van der Waals surface area contributed by atoms with Crippen molar-refractivity contribution in [1.29, 1.82) is 0 Å². The van der Waals surface area contributed by atoms with Gasteiger partial charge in [0.2, 0.25) is 5.91 Å². The van der Waals surface area contributed by atoms with E-state index in [1.165, 1.54) is 0 Å². The molecule has 0 saturated carbocycles. The highest BCUT2D eigenvalue weighted by Gasteiger charge is 2.25. The van der Waals surface area contributed by atoms with E-state index in [9.17, 15) is 4.79 Å². The second kappa shape index (κ2) is 7.79. The molecule has 1 unspecified atom stereocenters. The summed E-state index contributed by atoms with van der Waals surface area (Å²) in [7, 11) is 0. The molecule has 1 rings (SSSR count). The van der Waals surface area contributed by atoms with Gasteiger partial charge in [-0.3, -0.25) is 4.79 Å². The molecule has 0 radical (unpaired) electrons. The van der Waals surface area contributed by atoms with E-state index in [4.69, 9.17) is 5.73 Å². The maximum atomic E-state index is 12.1. The van der Waals surface area contributed by atoms with Crippen LogP contribution >= 0.6 is 15.9 Å². The number of hydrogen-bond acceptors (Lipinski definition) is 2. The van der Waals surface area contributed by atoms with Crippen molar-refractivity contribution in [3.05, 3.63) is 34.3 Å². The molecule has 0 heterocycles. The second-order valence-corrected chi connectivity index (χ2v) is 6.86. The summed E-state index contributed by atoms with van der Waals surface area (Å²) in [5, 5.41) is 3.08. The van der Waals surface area contributed by atoms with Gasteiger partial charge in [-0.25, -0.2) is 0 Å². The lowest BCUT2D eigenvalue weighted by Crippen LogP contribution is -2.52. The fourth-order valence-corrected chi connectivity index (χ4v) is 2.92. The smallest absolute Gasteiger partial charge is 0.220 e. The van der Waals surface area contributed by atoms with Gasteiger partial charge in [-0.2, -0.15) is 0 Å². The average Bonchev–Trinajstić information content (AvgIpc) is 2.36. The quantitative estimate of drug-likeness (QED) is 0.800. The van der Waals surface area contributed by atoms with E-state index in [1.54, 1.807) is 0 Å². The summed E-state index contributed by atoms with van der Waals surface area (Å²) in [5.74, 6) is 0.571. The molecule has 1 atom stereocenters. The van der Waals surface area contributed by atoms with Crippen molar-refractivity contribution in [2.24, 2.45) is 11.7 Å². The van der Waals surface area contributed by atoms with Crippen molar-refractivity contribution >= 4 is 21.8 Å². The first-order chi connectivity index (χ1) is 9.36.